The molecule has 1 fully saturated rings. The van der Waals surface area contributed by atoms with Crippen LogP contribution in [0.25, 0.3) is 0 Å². The monoisotopic (exact) mass is 278 g/mol. The highest BCUT2D eigenvalue weighted by Gasteiger charge is 2.20. The number of morpholine rings is 1. The average molecular weight is 278 g/mol. The van der Waals surface area contributed by atoms with Gasteiger partial charge in [0.2, 0.25) is 0 Å². The van der Waals surface area contributed by atoms with Crippen LogP contribution in [0.4, 0.5) is 5.69 Å². The molecule has 112 valence electrons. The molecule has 0 bridgehead atoms. The summed E-state index contributed by atoms with van der Waals surface area (Å²) in [7, 11) is 0. The van der Waals surface area contributed by atoms with Crippen molar-refractivity contribution in [2.75, 3.05) is 31.2 Å². The van der Waals surface area contributed by atoms with E-state index in [0.717, 1.165) is 19.6 Å². The van der Waals surface area contributed by atoms with Crippen LogP contribution in [0.1, 0.15) is 25.0 Å². The maximum atomic E-state index is 9.22. The summed E-state index contributed by atoms with van der Waals surface area (Å²) in [5, 5.41) is 12.7. The van der Waals surface area contributed by atoms with Crippen molar-refractivity contribution < 1.29 is 9.84 Å². The fourth-order valence-electron chi connectivity index (χ4n) is 2.45. The molecule has 1 atom stereocenters. The number of aliphatic hydroxyl groups is 1. The molecular formula is C16H26N2O2. The van der Waals surface area contributed by atoms with Gasteiger partial charge in [-0.3, -0.25) is 0 Å². The zero-order valence-corrected chi connectivity index (χ0v) is 12.7. The molecular weight excluding hydrogens is 252 g/mol. The number of hydrogen-bond acceptors (Lipinski definition) is 4. The third-order valence-electron chi connectivity index (χ3n) is 3.73. The topological polar surface area (TPSA) is 44.7 Å². The second kappa shape index (κ2) is 7.07. The van der Waals surface area contributed by atoms with Crippen molar-refractivity contribution in [3.8, 4) is 0 Å². The van der Waals surface area contributed by atoms with E-state index in [1.54, 1.807) is 0 Å². The molecule has 1 aliphatic heterocycles. The summed E-state index contributed by atoms with van der Waals surface area (Å²) in [4.78, 5) is 2.29. The molecule has 20 heavy (non-hydrogen) atoms. The highest BCUT2D eigenvalue weighted by Crippen LogP contribution is 2.21. The third-order valence-corrected chi connectivity index (χ3v) is 3.73. The van der Waals surface area contributed by atoms with Gasteiger partial charge >= 0.3 is 0 Å². The van der Waals surface area contributed by atoms with Gasteiger partial charge in [-0.25, -0.2) is 0 Å². The Hall–Kier alpha value is -1.10. The highest BCUT2D eigenvalue weighted by atomic mass is 16.5. The van der Waals surface area contributed by atoms with Crippen molar-refractivity contribution in [3.05, 3.63) is 29.3 Å². The number of anilines is 1. The lowest BCUT2D eigenvalue weighted by Crippen LogP contribution is -2.44. The highest BCUT2D eigenvalue weighted by molar-refractivity contribution is 5.51. The van der Waals surface area contributed by atoms with Gasteiger partial charge in [-0.15, -0.1) is 0 Å². The minimum atomic E-state index is -0.0636. The molecule has 0 aromatic heterocycles. The molecule has 0 radical (unpaired) electrons. The first-order chi connectivity index (χ1) is 9.60. The number of aliphatic hydroxyl groups excluding tert-OH is 1. The zero-order valence-electron chi connectivity index (χ0n) is 12.7. The van der Waals surface area contributed by atoms with E-state index in [1.807, 2.05) is 0 Å². The van der Waals surface area contributed by atoms with Crippen LogP contribution >= 0.6 is 0 Å². The summed E-state index contributed by atoms with van der Waals surface area (Å²) in [5.74, 6) is 0. The van der Waals surface area contributed by atoms with Crippen molar-refractivity contribution in [1.82, 2.24) is 5.32 Å². The third kappa shape index (κ3) is 3.95. The van der Waals surface area contributed by atoms with Crippen molar-refractivity contribution >= 4 is 5.69 Å². The first-order valence-corrected chi connectivity index (χ1v) is 7.40. The summed E-state index contributed by atoms with van der Waals surface area (Å²) < 4.78 is 5.50. The Labute approximate surface area is 121 Å². The van der Waals surface area contributed by atoms with E-state index in [1.165, 1.54) is 16.8 Å². The van der Waals surface area contributed by atoms with Crippen LogP contribution < -0.4 is 10.2 Å². The molecule has 2 rings (SSSR count). The van der Waals surface area contributed by atoms with E-state index in [2.05, 4.69) is 49.2 Å². The molecule has 4 heteroatoms. The van der Waals surface area contributed by atoms with Crippen LogP contribution in [0.15, 0.2) is 18.2 Å². The fourth-order valence-corrected chi connectivity index (χ4v) is 2.45. The Kier molecular flexibility index (Phi) is 5.40. The molecule has 1 aliphatic rings. The number of hydrogen-bond donors (Lipinski definition) is 2. The number of ether oxygens (including phenoxy) is 1. The van der Waals surface area contributed by atoms with Gasteiger partial charge in [-0.1, -0.05) is 19.9 Å². The van der Waals surface area contributed by atoms with E-state index >= 15 is 0 Å². The summed E-state index contributed by atoms with van der Waals surface area (Å²) in [6.45, 7) is 9.81. The summed E-state index contributed by atoms with van der Waals surface area (Å²) in [5.41, 5.74) is 3.87. The first kappa shape index (κ1) is 15.3. The Morgan fingerprint density at radius 2 is 2.25 bits per heavy atom. The second-order valence-electron chi connectivity index (χ2n) is 5.77. The summed E-state index contributed by atoms with van der Waals surface area (Å²) in [6.07, 6.45) is -0.0636. The maximum absolute atomic E-state index is 9.22. The standard InChI is InChI=1S/C16H26N2O2/c1-12(2)17-9-14-4-5-15(8-13(14)3)18-6-7-20-16(10-18)11-19/h4-5,8,12,16-17,19H,6-7,9-11H2,1-3H3. The Morgan fingerprint density at radius 1 is 1.45 bits per heavy atom. The molecule has 2 N–H and O–H groups in total. The largest absolute Gasteiger partial charge is 0.394 e. The first-order valence-electron chi connectivity index (χ1n) is 7.40. The Morgan fingerprint density at radius 3 is 2.90 bits per heavy atom. The minimum absolute atomic E-state index is 0.0636. The van der Waals surface area contributed by atoms with Crippen molar-refractivity contribution in [1.29, 1.82) is 0 Å². The van der Waals surface area contributed by atoms with E-state index in [9.17, 15) is 5.11 Å². The lowest BCUT2D eigenvalue weighted by Gasteiger charge is -2.34. The van der Waals surface area contributed by atoms with Gasteiger partial charge in [-0.2, -0.15) is 0 Å². The smallest absolute Gasteiger partial charge is 0.0980 e. The fraction of sp³-hybridized carbons (Fsp3) is 0.625. The molecule has 4 nitrogen and oxygen atoms in total. The van der Waals surface area contributed by atoms with Crippen LogP contribution in [-0.2, 0) is 11.3 Å². The molecule has 1 aromatic rings. The minimum Gasteiger partial charge on any atom is -0.394 e. The SMILES string of the molecule is Cc1cc(N2CCOC(CO)C2)ccc1CNC(C)C. The van der Waals surface area contributed by atoms with Crippen LogP contribution in [0.3, 0.4) is 0 Å². The van der Waals surface area contributed by atoms with Crippen molar-refractivity contribution in [3.63, 3.8) is 0 Å². The van der Waals surface area contributed by atoms with Gasteiger partial charge in [0.25, 0.3) is 0 Å². The summed E-state index contributed by atoms with van der Waals surface area (Å²) in [6, 6.07) is 7.10. The van der Waals surface area contributed by atoms with Crippen LogP contribution in [0.2, 0.25) is 0 Å². The molecule has 0 spiro atoms. The normalized spacial score (nSPS) is 19.6. The molecule has 0 aliphatic carbocycles. The predicted molar refractivity (Wildman–Crippen MR) is 82.2 cm³/mol. The maximum Gasteiger partial charge on any atom is 0.0980 e. The van der Waals surface area contributed by atoms with E-state index in [0.29, 0.717) is 12.6 Å². The quantitative estimate of drug-likeness (QED) is 0.860. The Bertz CT molecular complexity index is 434. The molecule has 1 aromatic carbocycles. The zero-order chi connectivity index (χ0) is 14.5. The van der Waals surface area contributed by atoms with E-state index in [4.69, 9.17) is 4.74 Å². The number of aryl methyl sites for hydroxylation is 1. The number of rotatable bonds is 5. The van der Waals surface area contributed by atoms with Gasteiger partial charge in [-0.05, 0) is 30.2 Å². The van der Waals surface area contributed by atoms with Crippen LogP contribution in [0.5, 0.6) is 0 Å². The van der Waals surface area contributed by atoms with Gasteiger partial charge in [0.15, 0.2) is 0 Å². The van der Waals surface area contributed by atoms with E-state index in [-0.39, 0.29) is 12.7 Å². The predicted octanol–water partition coefficient (Wildman–Crippen LogP) is 1.69. The van der Waals surface area contributed by atoms with Gasteiger partial charge in [0.05, 0.1) is 19.3 Å². The number of nitrogens with one attached hydrogen (secondary N) is 1. The molecule has 1 heterocycles. The van der Waals surface area contributed by atoms with Crippen LogP contribution in [-0.4, -0.2) is 43.6 Å². The lowest BCUT2D eigenvalue weighted by molar-refractivity contribution is 0.00356. The second-order valence-corrected chi connectivity index (χ2v) is 5.77. The molecule has 1 saturated heterocycles. The van der Waals surface area contributed by atoms with Crippen molar-refractivity contribution in [2.24, 2.45) is 0 Å². The molecule has 1 unspecified atom stereocenters. The number of nitrogens with zero attached hydrogens (tertiary/aromatic N) is 1. The van der Waals surface area contributed by atoms with Crippen LogP contribution in [0, 0.1) is 6.92 Å². The average Bonchev–Trinajstić information content (AvgIpc) is 2.46. The molecule has 0 saturated carbocycles. The van der Waals surface area contributed by atoms with Crippen molar-refractivity contribution in [2.45, 2.75) is 39.5 Å². The summed E-state index contributed by atoms with van der Waals surface area (Å²) >= 11 is 0. The Balaban J connectivity index is 2.04. The van der Waals surface area contributed by atoms with Gasteiger partial charge < -0.3 is 20.1 Å². The van der Waals surface area contributed by atoms with E-state index < -0.39 is 0 Å². The van der Waals surface area contributed by atoms with Gasteiger partial charge in [0.1, 0.15) is 0 Å². The van der Waals surface area contributed by atoms with Gasteiger partial charge in [0, 0.05) is 31.4 Å². The number of benzene rings is 1. The lowest BCUT2D eigenvalue weighted by atomic mass is 10.1. The molecule has 0 amide bonds.